The third-order valence-corrected chi connectivity index (χ3v) is 6.83. The molecule has 1 saturated heterocycles. The van der Waals surface area contributed by atoms with Gasteiger partial charge < -0.3 is 20.1 Å². The van der Waals surface area contributed by atoms with Gasteiger partial charge in [0.2, 0.25) is 0 Å². The summed E-state index contributed by atoms with van der Waals surface area (Å²) in [7, 11) is 2.11. The molecule has 0 aliphatic carbocycles. The smallest absolute Gasteiger partial charge is 0.144 e. The van der Waals surface area contributed by atoms with Crippen molar-refractivity contribution in [3.05, 3.63) is 77.2 Å². The van der Waals surface area contributed by atoms with Crippen LogP contribution < -0.4 is 20.1 Å². The third-order valence-electron chi connectivity index (χ3n) is 6.54. The van der Waals surface area contributed by atoms with Gasteiger partial charge in [0.1, 0.15) is 24.2 Å². The zero-order valence-corrected chi connectivity index (χ0v) is 22.1. The number of hydrogen-bond acceptors (Lipinski definition) is 8. The minimum Gasteiger partial charge on any atom is -0.492 e. The van der Waals surface area contributed by atoms with E-state index in [1.165, 1.54) is 0 Å². The molecule has 3 heterocycles. The topological polar surface area (TPSA) is 95.3 Å². The predicted molar refractivity (Wildman–Crippen MR) is 150 cm³/mol. The van der Waals surface area contributed by atoms with Gasteiger partial charge in [-0.15, -0.1) is 0 Å². The van der Waals surface area contributed by atoms with Crippen molar-refractivity contribution < 1.29 is 9.47 Å². The Balaban J connectivity index is 1.46. The number of nitrogens with one attached hydrogen (secondary N) is 2. The van der Waals surface area contributed by atoms with Gasteiger partial charge in [-0.1, -0.05) is 17.7 Å². The molecule has 0 unspecified atom stereocenters. The predicted octanol–water partition coefficient (Wildman–Crippen LogP) is 6.34. The molecule has 38 heavy (non-hydrogen) atoms. The molecule has 9 heteroatoms. The van der Waals surface area contributed by atoms with Crippen LogP contribution in [-0.2, 0) is 6.61 Å². The summed E-state index contributed by atoms with van der Waals surface area (Å²) in [6.45, 7) is 3.86. The number of ether oxygens (including phenoxy) is 2. The fourth-order valence-electron chi connectivity index (χ4n) is 4.57. The molecule has 4 aromatic rings. The van der Waals surface area contributed by atoms with Crippen LogP contribution in [0.25, 0.3) is 10.9 Å². The van der Waals surface area contributed by atoms with E-state index in [1.54, 1.807) is 24.5 Å². The Morgan fingerprint density at radius 2 is 2.03 bits per heavy atom. The highest BCUT2D eigenvalue weighted by Gasteiger charge is 2.23. The van der Waals surface area contributed by atoms with Crippen molar-refractivity contribution >= 4 is 39.6 Å². The maximum Gasteiger partial charge on any atom is 0.144 e. The summed E-state index contributed by atoms with van der Waals surface area (Å²) in [6, 6.07) is 17.3. The van der Waals surface area contributed by atoms with E-state index in [4.69, 9.17) is 21.1 Å². The molecule has 1 fully saturated rings. The van der Waals surface area contributed by atoms with Crippen molar-refractivity contribution in [3.8, 4) is 17.6 Å². The van der Waals surface area contributed by atoms with Gasteiger partial charge in [-0.25, -0.2) is 0 Å². The lowest BCUT2D eigenvalue weighted by molar-refractivity contribution is 0.301. The first-order valence-electron chi connectivity index (χ1n) is 12.6. The molecule has 2 aromatic heterocycles. The van der Waals surface area contributed by atoms with Crippen LogP contribution in [0.5, 0.6) is 11.5 Å². The molecule has 1 aliphatic heterocycles. The summed E-state index contributed by atoms with van der Waals surface area (Å²) >= 11 is 6.55. The van der Waals surface area contributed by atoms with Crippen LogP contribution in [0.4, 0.5) is 17.1 Å². The van der Waals surface area contributed by atoms with E-state index in [1.807, 2.05) is 43.3 Å². The number of pyridine rings is 2. The summed E-state index contributed by atoms with van der Waals surface area (Å²) in [5, 5.41) is 18.2. The van der Waals surface area contributed by atoms with E-state index in [9.17, 15) is 5.26 Å². The van der Waals surface area contributed by atoms with E-state index in [0.29, 0.717) is 35.2 Å². The lowest BCUT2D eigenvalue weighted by atomic mass is 10.1. The number of likely N-dealkylation sites (tertiary alicyclic amines) is 1. The van der Waals surface area contributed by atoms with Crippen LogP contribution in [0.2, 0.25) is 5.02 Å². The summed E-state index contributed by atoms with van der Waals surface area (Å²) < 4.78 is 11.8. The molecule has 1 atom stereocenters. The molecule has 0 bridgehead atoms. The zero-order chi connectivity index (χ0) is 26.5. The number of anilines is 3. The van der Waals surface area contributed by atoms with E-state index in [0.717, 1.165) is 53.1 Å². The number of rotatable bonds is 9. The maximum absolute atomic E-state index is 9.88. The fourth-order valence-corrected chi connectivity index (χ4v) is 4.81. The molecule has 0 saturated carbocycles. The first-order chi connectivity index (χ1) is 18.6. The molecule has 0 spiro atoms. The monoisotopic (exact) mass is 528 g/mol. The average Bonchev–Trinajstić information content (AvgIpc) is 3.33. The lowest BCUT2D eigenvalue weighted by Gasteiger charge is -2.24. The number of hydrogen-bond donors (Lipinski definition) is 2. The SMILES string of the molecule is CCOc1cc2ncc(C#N)c(Nc3ccc(OCc4ccccn4)c(Cl)c3)c2cc1N[C@@H]1CCCN1C. The second-order valence-corrected chi connectivity index (χ2v) is 9.53. The van der Waals surface area contributed by atoms with E-state index in [2.05, 4.69) is 38.6 Å². The molecular formula is C29H29ClN6O2. The van der Waals surface area contributed by atoms with Crippen LogP contribution in [0.3, 0.4) is 0 Å². The Bertz CT molecular complexity index is 1470. The molecule has 2 aromatic carbocycles. The van der Waals surface area contributed by atoms with Crippen molar-refractivity contribution in [1.82, 2.24) is 14.9 Å². The van der Waals surface area contributed by atoms with Crippen LogP contribution in [0.1, 0.15) is 31.0 Å². The maximum atomic E-state index is 9.88. The van der Waals surface area contributed by atoms with Gasteiger partial charge in [-0.05, 0) is 69.8 Å². The van der Waals surface area contributed by atoms with Gasteiger partial charge in [-0.3, -0.25) is 14.9 Å². The molecule has 2 N–H and O–H groups in total. The third kappa shape index (κ3) is 5.59. The number of nitrogens with zero attached hydrogens (tertiary/aromatic N) is 4. The van der Waals surface area contributed by atoms with Crippen molar-refractivity contribution in [2.75, 3.05) is 30.8 Å². The van der Waals surface area contributed by atoms with Gasteiger partial charge in [-0.2, -0.15) is 5.26 Å². The van der Waals surface area contributed by atoms with Gasteiger partial charge in [0.25, 0.3) is 0 Å². The van der Waals surface area contributed by atoms with E-state index >= 15 is 0 Å². The normalized spacial score (nSPS) is 15.3. The highest BCUT2D eigenvalue weighted by molar-refractivity contribution is 6.32. The molecular weight excluding hydrogens is 500 g/mol. The van der Waals surface area contributed by atoms with Gasteiger partial charge in [0.05, 0.1) is 45.9 Å². The van der Waals surface area contributed by atoms with Gasteiger partial charge in [0, 0.05) is 29.5 Å². The Labute approximate surface area is 227 Å². The highest BCUT2D eigenvalue weighted by Crippen LogP contribution is 2.38. The molecule has 1 aliphatic rings. The number of nitriles is 1. The molecule has 0 radical (unpaired) electrons. The van der Waals surface area contributed by atoms with E-state index in [-0.39, 0.29) is 6.17 Å². The Hall–Kier alpha value is -4.06. The number of fused-ring (bicyclic) bond motifs is 1. The summed E-state index contributed by atoms with van der Waals surface area (Å²) in [4.78, 5) is 11.1. The van der Waals surface area contributed by atoms with E-state index < -0.39 is 0 Å². The van der Waals surface area contributed by atoms with Crippen LogP contribution in [0.15, 0.2) is 60.9 Å². The Morgan fingerprint density at radius 3 is 2.74 bits per heavy atom. The Morgan fingerprint density at radius 1 is 1.13 bits per heavy atom. The number of benzene rings is 2. The average molecular weight is 529 g/mol. The zero-order valence-electron chi connectivity index (χ0n) is 21.4. The first kappa shape index (κ1) is 25.6. The van der Waals surface area contributed by atoms with Gasteiger partial charge in [0.15, 0.2) is 0 Å². The standard InChI is InChI=1S/C29H29ClN6O2/c1-3-37-27-15-24-22(14-25(27)35-28-8-6-12-36(28)2)29(19(16-31)17-33-24)34-20-9-10-26(23(30)13-20)38-18-21-7-4-5-11-32-21/h4-5,7,9-11,13-15,17,28,35H,3,6,8,12,18H2,1-2H3,(H,33,34)/t28-/m0/s1. The fraction of sp³-hybridized carbons (Fsp3) is 0.276. The van der Waals surface area contributed by atoms with Crippen LogP contribution in [0, 0.1) is 11.3 Å². The minimum absolute atomic E-state index is 0.215. The van der Waals surface area contributed by atoms with Crippen molar-refractivity contribution in [2.45, 2.75) is 32.5 Å². The summed E-state index contributed by atoms with van der Waals surface area (Å²) in [5.41, 5.74) is 4.21. The van der Waals surface area contributed by atoms with Crippen molar-refractivity contribution in [1.29, 1.82) is 5.26 Å². The molecule has 5 rings (SSSR count). The number of aromatic nitrogens is 2. The summed E-state index contributed by atoms with van der Waals surface area (Å²) in [6.07, 6.45) is 5.71. The first-order valence-corrected chi connectivity index (χ1v) is 13.0. The lowest BCUT2D eigenvalue weighted by Crippen LogP contribution is -2.32. The molecule has 0 amide bonds. The quantitative estimate of drug-likeness (QED) is 0.260. The molecule has 8 nitrogen and oxygen atoms in total. The Kier molecular flexibility index (Phi) is 7.78. The highest BCUT2D eigenvalue weighted by atomic mass is 35.5. The molecule has 194 valence electrons. The summed E-state index contributed by atoms with van der Waals surface area (Å²) in [5.74, 6) is 1.29. The van der Waals surface area contributed by atoms with Gasteiger partial charge >= 0.3 is 0 Å². The minimum atomic E-state index is 0.215. The number of halogens is 1. The van der Waals surface area contributed by atoms with Crippen LogP contribution in [-0.4, -0.2) is 41.2 Å². The second-order valence-electron chi connectivity index (χ2n) is 9.12. The van der Waals surface area contributed by atoms with Crippen molar-refractivity contribution in [2.24, 2.45) is 0 Å². The van der Waals surface area contributed by atoms with Crippen LogP contribution >= 0.6 is 11.6 Å². The van der Waals surface area contributed by atoms with Crippen molar-refractivity contribution in [3.63, 3.8) is 0 Å². The second kappa shape index (κ2) is 11.5. The largest absolute Gasteiger partial charge is 0.492 e.